The van der Waals surface area contributed by atoms with Crippen molar-refractivity contribution in [3.8, 4) is 11.5 Å². The lowest BCUT2D eigenvalue weighted by molar-refractivity contribution is 0.478. The minimum atomic E-state index is 0.860. The number of halogens is 1. The molecule has 0 aliphatic carbocycles. The lowest BCUT2D eigenvalue weighted by Crippen LogP contribution is -1.87. The van der Waals surface area contributed by atoms with Crippen LogP contribution in [0.5, 0.6) is 11.5 Å². The van der Waals surface area contributed by atoms with Gasteiger partial charge in [-0.25, -0.2) is 0 Å². The van der Waals surface area contributed by atoms with Crippen LogP contribution in [0.15, 0.2) is 53.0 Å². The van der Waals surface area contributed by atoms with Crippen molar-refractivity contribution < 1.29 is 4.74 Å². The summed E-state index contributed by atoms with van der Waals surface area (Å²) in [7, 11) is 0. The molecule has 1 nitrogen and oxygen atoms in total. The van der Waals surface area contributed by atoms with Crippen LogP contribution in [-0.2, 0) is 0 Å². The summed E-state index contributed by atoms with van der Waals surface area (Å²) in [5.41, 5.74) is 1.11. The molecule has 0 atom stereocenters. The molecule has 0 aliphatic rings. The van der Waals surface area contributed by atoms with Crippen molar-refractivity contribution in [1.29, 1.82) is 0 Å². The van der Waals surface area contributed by atoms with Crippen molar-refractivity contribution >= 4 is 15.9 Å². The molecule has 15 heavy (non-hydrogen) atoms. The number of benzene rings is 2. The highest BCUT2D eigenvalue weighted by Gasteiger charge is 2.03. The predicted octanol–water partition coefficient (Wildman–Crippen LogP) is 4.55. The Morgan fingerprint density at radius 2 is 1.67 bits per heavy atom. The summed E-state index contributed by atoms with van der Waals surface area (Å²) in [6, 6.07) is 15.7. The van der Waals surface area contributed by atoms with E-state index in [1.165, 1.54) is 0 Å². The Hall–Kier alpha value is -1.28. The summed E-state index contributed by atoms with van der Waals surface area (Å²) in [6.07, 6.45) is 0. The van der Waals surface area contributed by atoms with E-state index in [0.717, 1.165) is 21.5 Å². The summed E-state index contributed by atoms with van der Waals surface area (Å²) in [5, 5.41) is 0. The second kappa shape index (κ2) is 4.49. The molecule has 0 heterocycles. The number of hydrogen-bond acceptors (Lipinski definition) is 1. The highest BCUT2D eigenvalue weighted by atomic mass is 79.9. The van der Waals surface area contributed by atoms with Crippen LogP contribution in [-0.4, -0.2) is 0 Å². The maximum absolute atomic E-state index is 5.76. The van der Waals surface area contributed by atoms with Gasteiger partial charge in [0, 0.05) is 10.0 Å². The minimum Gasteiger partial charge on any atom is -0.457 e. The van der Waals surface area contributed by atoms with Gasteiger partial charge in [0.2, 0.25) is 0 Å². The average Bonchev–Trinajstić information content (AvgIpc) is 2.26. The lowest BCUT2D eigenvalue weighted by Gasteiger charge is -2.09. The average molecular weight is 263 g/mol. The predicted molar refractivity (Wildman–Crippen MR) is 65.4 cm³/mol. The van der Waals surface area contributed by atoms with Crippen molar-refractivity contribution in [1.82, 2.24) is 0 Å². The zero-order valence-electron chi connectivity index (χ0n) is 8.41. The van der Waals surface area contributed by atoms with Crippen LogP contribution in [0, 0.1) is 6.92 Å². The lowest BCUT2D eigenvalue weighted by atomic mass is 10.2. The van der Waals surface area contributed by atoms with Gasteiger partial charge < -0.3 is 4.74 Å². The molecule has 0 unspecified atom stereocenters. The van der Waals surface area contributed by atoms with Crippen LogP contribution in [0.4, 0.5) is 0 Å². The zero-order chi connectivity index (χ0) is 10.7. The van der Waals surface area contributed by atoms with Gasteiger partial charge >= 0.3 is 0 Å². The van der Waals surface area contributed by atoms with E-state index in [0.29, 0.717) is 0 Å². The van der Waals surface area contributed by atoms with Crippen LogP contribution in [0.25, 0.3) is 0 Å². The fourth-order valence-electron chi connectivity index (χ4n) is 1.31. The van der Waals surface area contributed by atoms with E-state index in [1.807, 2.05) is 55.5 Å². The van der Waals surface area contributed by atoms with Gasteiger partial charge in [-0.1, -0.05) is 40.2 Å². The molecule has 2 aromatic rings. The topological polar surface area (TPSA) is 9.23 Å². The van der Waals surface area contributed by atoms with Gasteiger partial charge in [-0.2, -0.15) is 0 Å². The van der Waals surface area contributed by atoms with Gasteiger partial charge in [0.05, 0.1) is 0 Å². The van der Waals surface area contributed by atoms with Crippen molar-refractivity contribution in [2.45, 2.75) is 6.92 Å². The third-order valence-electron chi connectivity index (χ3n) is 2.19. The molecule has 2 rings (SSSR count). The van der Waals surface area contributed by atoms with E-state index >= 15 is 0 Å². The standard InChI is InChI=1S/C13H11BrO/c1-10-12(14)8-5-9-13(10)15-11-6-3-2-4-7-11/h2-9H,1H3. The molecule has 0 bridgehead atoms. The molecule has 0 aliphatic heterocycles. The molecule has 0 N–H and O–H groups in total. The Balaban J connectivity index is 2.29. The number of hydrogen-bond donors (Lipinski definition) is 0. The molecular formula is C13H11BrO. The summed E-state index contributed by atoms with van der Waals surface area (Å²) in [6.45, 7) is 2.03. The van der Waals surface area contributed by atoms with E-state index in [2.05, 4.69) is 15.9 Å². The molecule has 2 heteroatoms. The highest BCUT2D eigenvalue weighted by molar-refractivity contribution is 9.10. The fourth-order valence-corrected chi connectivity index (χ4v) is 1.66. The molecule has 0 aromatic heterocycles. The van der Waals surface area contributed by atoms with Gasteiger partial charge in [-0.3, -0.25) is 0 Å². The van der Waals surface area contributed by atoms with Crippen LogP contribution in [0.3, 0.4) is 0 Å². The van der Waals surface area contributed by atoms with Crippen LogP contribution in [0.1, 0.15) is 5.56 Å². The normalized spacial score (nSPS) is 10.0. The van der Waals surface area contributed by atoms with Gasteiger partial charge in [0.15, 0.2) is 0 Å². The molecule has 0 radical (unpaired) electrons. The quantitative estimate of drug-likeness (QED) is 0.772. The first kappa shape index (κ1) is 10.2. The first-order chi connectivity index (χ1) is 7.27. The van der Waals surface area contributed by atoms with Gasteiger partial charge in [-0.15, -0.1) is 0 Å². The molecule has 0 fully saturated rings. The maximum atomic E-state index is 5.76. The van der Waals surface area contributed by atoms with Crippen LogP contribution in [0.2, 0.25) is 0 Å². The van der Waals surface area contributed by atoms with Crippen molar-refractivity contribution in [3.05, 3.63) is 58.6 Å². The smallest absolute Gasteiger partial charge is 0.131 e. The molecule has 0 spiro atoms. The van der Waals surface area contributed by atoms with Crippen LogP contribution < -0.4 is 4.74 Å². The molecule has 2 aromatic carbocycles. The molecule has 0 saturated carbocycles. The van der Waals surface area contributed by atoms with E-state index in [1.54, 1.807) is 0 Å². The summed E-state index contributed by atoms with van der Waals surface area (Å²) < 4.78 is 6.83. The van der Waals surface area contributed by atoms with Crippen LogP contribution >= 0.6 is 15.9 Å². The Morgan fingerprint density at radius 3 is 2.40 bits per heavy atom. The van der Waals surface area contributed by atoms with Crippen molar-refractivity contribution in [3.63, 3.8) is 0 Å². The fraction of sp³-hybridized carbons (Fsp3) is 0.0769. The van der Waals surface area contributed by atoms with Gasteiger partial charge in [0.25, 0.3) is 0 Å². The molecule has 0 saturated heterocycles. The van der Waals surface area contributed by atoms with E-state index in [-0.39, 0.29) is 0 Å². The maximum Gasteiger partial charge on any atom is 0.131 e. The first-order valence-electron chi connectivity index (χ1n) is 4.75. The van der Waals surface area contributed by atoms with E-state index in [4.69, 9.17) is 4.74 Å². The molecular weight excluding hydrogens is 252 g/mol. The van der Waals surface area contributed by atoms with E-state index in [9.17, 15) is 0 Å². The third kappa shape index (κ3) is 2.39. The summed E-state index contributed by atoms with van der Waals surface area (Å²) in [4.78, 5) is 0. The first-order valence-corrected chi connectivity index (χ1v) is 5.54. The second-order valence-electron chi connectivity index (χ2n) is 3.28. The largest absolute Gasteiger partial charge is 0.457 e. The number of ether oxygens (including phenoxy) is 1. The molecule has 0 amide bonds. The van der Waals surface area contributed by atoms with Gasteiger partial charge in [-0.05, 0) is 31.2 Å². The number of rotatable bonds is 2. The van der Waals surface area contributed by atoms with E-state index < -0.39 is 0 Å². The zero-order valence-corrected chi connectivity index (χ0v) is 9.99. The Kier molecular flexibility index (Phi) is 3.07. The monoisotopic (exact) mass is 262 g/mol. The Labute approximate surface area is 97.8 Å². The minimum absolute atomic E-state index is 0.860. The van der Waals surface area contributed by atoms with Crippen molar-refractivity contribution in [2.75, 3.05) is 0 Å². The Morgan fingerprint density at radius 1 is 0.933 bits per heavy atom. The number of para-hydroxylation sites is 1. The second-order valence-corrected chi connectivity index (χ2v) is 4.13. The van der Waals surface area contributed by atoms with Gasteiger partial charge in [0.1, 0.15) is 11.5 Å². The summed E-state index contributed by atoms with van der Waals surface area (Å²) >= 11 is 3.48. The molecule has 76 valence electrons. The Bertz CT molecular complexity index is 451. The highest BCUT2D eigenvalue weighted by Crippen LogP contribution is 2.29. The van der Waals surface area contributed by atoms with Crippen molar-refractivity contribution in [2.24, 2.45) is 0 Å². The summed E-state index contributed by atoms with van der Waals surface area (Å²) in [5.74, 6) is 1.74. The SMILES string of the molecule is Cc1c(Br)cccc1Oc1ccccc1. The third-order valence-corrected chi connectivity index (χ3v) is 3.05.